The molecule has 0 spiro atoms. The highest BCUT2D eigenvalue weighted by molar-refractivity contribution is 6.09. The van der Waals surface area contributed by atoms with Gasteiger partial charge in [-0.15, -0.1) is 0 Å². The number of H-pyrrole nitrogens is 1. The molecule has 2 heterocycles. The van der Waals surface area contributed by atoms with Crippen LogP contribution in [0.2, 0.25) is 0 Å². The zero-order chi connectivity index (χ0) is 23.7. The number of anilines is 1. The van der Waals surface area contributed by atoms with Crippen LogP contribution in [-0.4, -0.2) is 43.5 Å². The largest absolute Gasteiger partial charge is 0.336 e. The lowest BCUT2D eigenvalue weighted by molar-refractivity contribution is 0.0784. The van der Waals surface area contributed by atoms with Crippen LogP contribution in [0, 0.1) is 6.92 Å². The lowest BCUT2D eigenvalue weighted by Crippen LogP contribution is -2.27. The van der Waals surface area contributed by atoms with E-state index in [-0.39, 0.29) is 11.8 Å². The van der Waals surface area contributed by atoms with Gasteiger partial charge in [-0.3, -0.25) is 14.7 Å². The van der Waals surface area contributed by atoms with E-state index in [1.165, 1.54) is 12.8 Å². The average molecular weight is 457 g/mol. The number of imidazole rings is 1. The van der Waals surface area contributed by atoms with Crippen molar-refractivity contribution in [3.63, 3.8) is 0 Å². The Morgan fingerprint density at radius 1 is 1.15 bits per heavy atom. The molecule has 0 aliphatic heterocycles. The molecular weight excluding hydrogens is 428 g/mol. The molecule has 1 aliphatic rings. The van der Waals surface area contributed by atoms with Crippen molar-refractivity contribution in [2.24, 2.45) is 0 Å². The first kappa shape index (κ1) is 21.9. The van der Waals surface area contributed by atoms with Gasteiger partial charge in [0.1, 0.15) is 0 Å². The summed E-state index contributed by atoms with van der Waals surface area (Å²) in [4.78, 5) is 32.7. The number of fused-ring (bicyclic) bond motifs is 1. The Morgan fingerprint density at radius 2 is 1.91 bits per heavy atom. The Morgan fingerprint density at radius 3 is 2.62 bits per heavy atom. The molecule has 0 atom stereocenters. The number of carbonyl (C=O) groups excluding carboxylic acids is 2. The number of rotatable bonds is 6. The molecular formula is C26H28N6O2. The molecule has 2 aromatic heterocycles. The summed E-state index contributed by atoms with van der Waals surface area (Å²) in [5.74, 6) is -0.366. The van der Waals surface area contributed by atoms with E-state index < -0.39 is 0 Å². The minimum Gasteiger partial charge on any atom is -0.336 e. The monoisotopic (exact) mass is 456 g/mol. The molecule has 2 aromatic carbocycles. The number of hydrogen-bond acceptors (Lipinski definition) is 4. The van der Waals surface area contributed by atoms with Crippen molar-refractivity contribution in [1.82, 2.24) is 24.6 Å². The number of carbonyl (C=O) groups is 2. The molecule has 1 saturated carbocycles. The topological polar surface area (TPSA) is 95.9 Å². The second-order valence-electron chi connectivity index (χ2n) is 9.01. The van der Waals surface area contributed by atoms with Gasteiger partial charge in [0, 0.05) is 30.0 Å². The number of nitrogens with one attached hydrogen (secondary N) is 2. The number of amides is 2. The normalized spacial score (nSPS) is 13.9. The van der Waals surface area contributed by atoms with E-state index >= 15 is 0 Å². The first-order valence-corrected chi connectivity index (χ1v) is 11.6. The molecule has 4 aromatic rings. The number of aromatic nitrogens is 4. The molecule has 8 heteroatoms. The molecule has 2 N–H and O–H groups in total. The summed E-state index contributed by atoms with van der Waals surface area (Å²) >= 11 is 0. The van der Waals surface area contributed by atoms with Crippen LogP contribution >= 0.6 is 0 Å². The van der Waals surface area contributed by atoms with Gasteiger partial charge in [-0.25, -0.2) is 4.98 Å². The Hall–Kier alpha value is -3.94. The molecule has 5 rings (SSSR count). The first-order valence-electron chi connectivity index (χ1n) is 11.6. The van der Waals surface area contributed by atoms with E-state index in [2.05, 4.69) is 25.1 Å². The highest BCUT2D eigenvalue weighted by atomic mass is 16.2. The smallest absolute Gasteiger partial charge is 0.256 e. The number of aryl methyl sites for hydroxylation is 1. The number of aromatic amines is 1. The van der Waals surface area contributed by atoms with Gasteiger partial charge in [-0.1, -0.05) is 31.0 Å². The van der Waals surface area contributed by atoms with Crippen molar-refractivity contribution < 1.29 is 9.59 Å². The third kappa shape index (κ3) is 4.31. The van der Waals surface area contributed by atoms with Gasteiger partial charge in [0.2, 0.25) is 0 Å². The maximum Gasteiger partial charge on any atom is 0.256 e. The van der Waals surface area contributed by atoms with Gasteiger partial charge in [0.15, 0.2) is 0 Å². The van der Waals surface area contributed by atoms with Crippen LogP contribution in [0.15, 0.2) is 54.9 Å². The minimum atomic E-state index is -0.228. The van der Waals surface area contributed by atoms with E-state index in [0.29, 0.717) is 34.9 Å². The third-order valence-corrected chi connectivity index (χ3v) is 6.42. The van der Waals surface area contributed by atoms with Crippen molar-refractivity contribution in [2.45, 2.75) is 45.2 Å². The predicted molar refractivity (Wildman–Crippen MR) is 131 cm³/mol. The zero-order valence-electron chi connectivity index (χ0n) is 19.4. The van der Waals surface area contributed by atoms with Gasteiger partial charge in [-0.2, -0.15) is 5.10 Å². The van der Waals surface area contributed by atoms with E-state index in [9.17, 15) is 9.59 Å². The average Bonchev–Trinajstić information content (AvgIpc) is 3.59. The van der Waals surface area contributed by atoms with Crippen LogP contribution in [0.5, 0.6) is 0 Å². The number of benzene rings is 2. The van der Waals surface area contributed by atoms with Crippen LogP contribution in [-0.2, 0) is 6.54 Å². The summed E-state index contributed by atoms with van der Waals surface area (Å²) in [5, 5.41) is 10.1. The Balaban J connectivity index is 1.52. The van der Waals surface area contributed by atoms with Gasteiger partial charge >= 0.3 is 0 Å². The summed E-state index contributed by atoms with van der Waals surface area (Å²) in [6.07, 6.45) is 6.34. The van der Waals surface area contributed by atoms with Crippen LogP contribution in [0.25, 0.3) is 11.0 Å². The van der Waals surface area contributed by atoms with Crippen molar-refractivity contribution >= 4 is 28.5 Å². The molecule has 1 fully saturated rings. The third-order valence-electron chi connectivity index (χ3n) is 6.42. The summed E-state index contributed by atoms with van der Waals surface area (Å²) < 4.78 is 2.14. The molecule has 0 unspecified atom stereocenters. The van der Waals surface area contributed by atoms with Crippen molar-refractivity contribution in [2.75, 3.05) is 12.4 Å². The van der Waals surface area contributed by atoms with E-state index in [1.54, 1.807) is 30.1 Å². The highest BCUT2D eigenvalue weighted by Crippen LogP contribution is 2.34. The zero-order valence-corrected chi connectivity index (χ0v) is 19.4. The van der Waals surface area contributed by atoms with Crippen molar-refractivity contribution in [3.8, 4) is 0 Å². The van der Waals surface area contributed by atoms with Crippen molar-refractivity contribution in [1.29, 1.82) is 0 Å². The van der Waals surface area contributed by atoms with Gasteiger partial charge in [-0.05, 0) is 50.1 Å². The molecule has 0 saturated heterocycles. The summed E-state index contributed by atoms with van der Waals surface area (Å²) in [6.45, 7) is 2.31. The Kier molecular flexibility index (Phi) is 5.88. The first-order chi connectivity index (χ1) is 16.5. The van der Waals surface area contributed by atoms with Crippen LogP contribution < -0.4 is 5.32 Å². The lowest BCUT2D eigenvalue weighted by atomic mass is 10.1. The SMILES string of the molecule is Cc1cc(CN(C)C(=O)c2cc(NC(=O)c3ccccc3)cc3ncn(C4CCCC4)c23)n[nH]1. The minimum absolute atomic E-state index is 0.138. The van der Waals surface area contributed by atoms with Crippen LogP contribution in [0.4, 0.5) is 5.69 Å². The Labute approximate surface area is 198 Å². The van der Waals surface area contributed by atoms with E-state index in [1.807, 2.05) is 43.6 Å². The maximum atomic E-state index is 13.7. The Bertz CT molecular complexity index is 1330. The van der Waals surface area contributed by atoms with Gasteiger partial charge in [0.05, 0.1) is 35.2 Å². The van der Waals surface area contributed by atoms with E-state index in [0.717, 1.165) is 29.7 Å². The molecule has 174 valence electrons. The number of nitrogens with zero attached hydrogens (tertiary/aromatic N) is 4. The van der Waals surface area contributed by atoms with Crippen LogP contribution in [0.1, 0.15) is 63.8 Å². The fourth-order valence-electron chi connectivity index (χ4n) is 4.73. The van der Waals surface area contributed by atoms with E-state index in [4.69, 9.17) is 0 Å². The molecule has 2 amide bonds. The second kappa shape index (κ2) is 9.13. The van der Waals surface area contributed by atoms with Gasteiger partial charge < -0.3 is 14.8 Å². The predicted octanol–water partition coefficient (Wildman–Crippen LogP) is 4.71. The molecule has 0 radical (unpaired) electrons. The van der Waals surface area contributed by atoms with Crippen molar-refractivity contribution in [3.05, 3.63) is 77.4 Å². The molecule has 0 bridgehead atoms. The molecule has 8 nitrogen and oxygen atoms in total. The molecule has 34 heavy (non-hydrogen) atoms. The standard InChI is InChI=1S/C26H28N6O2/c1-17-12-20(30-29-17)15-31(2)26(34)22-13-19(28-25(33)18-8-4-3-5-9-18)14-23-24(22)32(16-27-23)21-10-6-7-11-21/h3-5,8-9,12-14,16,21H,6-7,10-11,15H2,1-2H3,(H,28,33)(H,29,30). The fraction of sp³-hybridized carbons (Fsp3) is 0.308. The van der Waals surface area contributed by atoms with Gasteiger partial charge in [0.25, 0.3) is 11.8 Å². The highest BCUT2D eigenvalue weighted by Gasteiger charge is 2.25. The summed E-state index contributed by atoms with van der Waals surface area (Å²) in [5.41, 5.74) is 4.89. The summed E-state index contributed by atoms with van der Waals surface area (Å²) in [7, 11) is 1.77. The maximum absolute atomic E-state index is 13.7. The quantitative estimate of drug-likeness (QED) is 0.439. The molecule has 1 aliphatic carbocycles. The lowest BCUT2D eigenvalue weighted by Gasteiger charge is -2.20. The fourth-order valence-corrected chi connectivity index (χ4v) is 4.73. The van der Waals surface area contributed by atoms with Crippen LogP contribution in [0.3, 0.4) is 0 Å². The summed E-state index contributed by atoms with van der Waals surface area (Å²) in [6, 6.07) is 14.9. The second-order valence-corrected chi connectivity index (χ2v) is 9.01. The number of hydrogen-bond donors (Lipinski definition) is 2.